The predicted octanol–water partition coefficient (Wildman–Crippen LogP) is 1.64. The molecule has 0 saturated heterocycles. The van der Waals surface area contributed by atoms with Gasteiger partial charge in [-0.05, 0) is 13.8 Å². The number of allylic oxidation sites excluding steroid dienone is 2. The lowest BCUT2D eigenvalue weighted by Gasteiger charge is -2.33. The van der Waals surface area contributed by atoms with Gasteiger partial charge in [-0.3, -0.25) is 4.79 Å². The first-order valence-corrected chi connectivity index (χ1v) is 4.17. The summed E-state index contributed by atoms with van der Waals surface area (Å²) in [5, 5.41) is 2.82. The van der Waals surface area contributed by atoms with E-state index >= 15 is 0 Å². The molecule has 1 aliphatic carbocycles. The standard InChI is InChI=1S/C10H15NO/c1-8-4-5-10(3,11-7-12)9(2)6-8/h4-7,9H,1-3H3,(H,11,12)/t9?,10-/m1/s1. The van der Waals surface area contributed by atoms with Crippen molar-refractivity contribution in [3.63, 3.8) is 0 Å². The fourth-order valence-electron chi connectivity index (χ4n) is 1.39. The Bertz CT molecular complexity index is 242. The van der Waals surface area contributed by atoms with E-state index in [0.29, 0.717) is 5.92 Å². The molecule has 1 rings (SSSR count). The van der Waals surface area contributed by atoms with Crippen LogP contribution in [0.15, 0.2) is 23.8 Å². The van der Waals surface area contributed by atoms with Crippen molar-refractivity contribution in [1.82, 2.24) is 5.32 Å². The first kappa shape index (κ1) is 9.04. The third kappa shape index (κ3) is 1.58. The molecule has 0 aromatic carbocycles. The van der Waals surface area contributed by atoms with Crippen molar-refractivity contribution in [2.75, 3.05) is 0 Å². The van der Waals surface area contributed by atoms with Crippen molar-refractivity contribution in [3.05, 3.63) is 23.8 Å². The molecule has 66 valence electrons. The summed E-state index contributed by atoms with van der Waals surface area (Å²) in [6.45, 7) is 6.18. The maximum absolute atomic E-state index is 10.3. The van der Waals surface area contributed by atoms with E-state index in [1.165, 1.54) is 5.57 Å². The van der Waals surface area contributed by atoms with Gasteiger partial charge in [0.25, 0.3) is 0 Å². The van der Waals surface area contributed by atoms with Crippen LogP contribution in [-0.4, -0.2) is 11.9 Å². The second-order valence-electron chi connectivity index (χ2n) is 3.58. The van der Waals surface area contributed by atoms with E-state index in [1.807, 2.05) is 19.1 Å². The van der Waals surface area contributed by atoms with E-state index in [0.717, 1.165) is 6.41 Å². The molecular formula is C10H15NO. The van der Waals surface area contributed by atoms with Gasteiger partial charge in [-0.25, -0.2) is 0 Å². The molecule has 2 nitrogen and oxygen atoms in total. The van der Waals surface area contributed by atoms with Gasteiger partial charge >= 0.3 is 0 Å². The van der Waals surface area contributed by atoms with Crippen LogP contribution in [0.5, 0.6) is 0 Å². The van der Waals surface area contributed by atoms with Crippen LogP contribution < -0.4 is 5.32 Å². The van der Waals surface area contributed by atoms with Gasteiger partial charge in [-0.15, -0.1) is 0 Å². The van der Waals surface area contributed by atoms with Gasteiger partial charge in [0.15, 0.2) is 0 Å². The molecule has 0 heterocycles. The predicted molar refractivity (Wildman–Crippen MR) is 49.7 cm³/mol. The first-order chi connectivity index (χ1) is 5.58. The van der Waals surface area contributed by atoms with Crippen LogP contribution >= 0.6 is 0 Å². The number of carbonyl (C=O) groups is 1. The minimum Gasteiger partial charge on any atom is -0.349 e. The van der Waals surface area contributed by atoms with Gasteiger partial charge in [-0.2, -0.15) is 0 Å². The number of carbonyl (C=O) groups excluding carboxylic acids is 1. The van der Waals surface area contributed by atoms with Crippen LogP contribution in [0.3, 0.4) is 0 Å². The Hall–Kier alpha value is -1.05. The topological polar surface area (TPSA) is 29.1 Å². The quantitative estimate of drug-likeness (QED) is 0.619. The molecule has 12 heavy (non-hydrogen) atoms. The highest BCUT2D eigenvalue weighted by Gasteiger charge is 2.27. The zero-order chi connectivity index (χ0) is 9.19. The average molecular weight is 165 g/mol. The molecule has 0 fully saturated rings. The summed E-state index contributed by atoms with van der Waals surface area (Å²) in [6, 6.07) is 0. The Balaban J connectivity index is 2.82. The van der Waals surface area contributed by atoms with Crippen LogP contribution in [-0.2, 0) is 4.79 Å². The Morgan fingerprint density at radius 3 is 2.83 bits per heavy atom. The third-order valence-corrected chi connectivity index (χ3v) is 2.52. The summed E-state index contributed by atoms with van der Waals surface area (Å²) in [4.78, 5) is 10.3. The van der Waals surface area contributed by atoms with Gasteiger partial charge in [0.05, 0.1) is 5.54 Å². The summed E-state index contributed by atoms with van der Waals surface area (Å²) >= 11 is 0. The smallest absolute Gasteiger partial charge is 0.207 e. The fraction of sp³-hybridized carbons (Fsp3) is 0.500. The van der Waals surface area contributed by atoms with Crippen LogP contribution in [0.4, 0.5) is 0 Å². The van der Waals surface area contributed by atoms with E-state index < -0.39 is 0 Å². The van der Waals surface area contributed by atoms with Gasteiger partial charge in [0, 0.05) is 5.92 Å². The van der Waals surface area contributed by atoms with Crippen LogP contribution in [0.1, 0.15) is 20.8 Å². The fourth-order valence-corrected chi connectivity index (χ4v) is 1.39. The van der Waals surface area contributed by atoms with E-state index in [2.05, 4.69) is 25.2 Å². The SMILES string of the molecule is CC1=CC(C)[C@](C)(NC=O)C=C1. The lowest BCUT2D eigenvalue weighted by molar-refractivity contribution is -0.110. The third-order valence-electron chi connectivity index (χ3n) is 2.52. The van der Waals surface area contributed by atoms with Gasteiger partial charge in [0.2, 0.25) is 6.41 Å². The average Bonchev–Trinajstić information content (AvgIpc) is 1.99. The van der Waals surface area contributed by atoms with Crippen LogP contribution in [0.25, 0.3) is 0 Å². The van der Waals surface area contributed by atoms with Crippen molar-refractivity contribution < 1.29 is 4.79 Å². The minimum atomic E-state index is -0.207. The number of hydrogen-bond donors (Lipinski definition) is 1. The molecule has 1 N–H and O–H groups in total. The Labute approximate surface area is 73.4 Å². The molecule has 1 unspecified atom stereocenters. The van der Waals surface area contributed by atoms with Gasteiger partial charge in [-0.1, -0.05) is 30.7 Å². The molecule has 0 aliphatic heterocycles. The lowest BCUT2D eigenvalue weighted by atomic mass is 9.82. The summed E-state index contributed by atoms with van der Waals surface area (Å²) in [5.74, 6) is 0.354. The molecule has 0 spiro atoms. The second-order valence-corrected chi connectivity index (χ2v) is 3.58. The molecular weight excluding hydrogens is 150 g/mol. The van der Waals surface area contributed by atoms with Crippen LogP contribution in [0, 0.1) is 5.92 Å². The van der Waals surface area contributed by atoms with E-state index in [-0.39, 0.29) is 5.54 Å². The number of hydrogen-bond acceptors (Lipinski definition) is 1. The monoisotopic (exact) mass is 165 g/mol. The molecule has 0 aromatic rings. The minimum absolute atomic E-state index is 0.207. The highest BCUT2D eigenvalue weighted by atomic mass is 16.1. The Morgan fingerprint density at radius 2 is 2.33 bits per heavy atom. The number of rotatable bonds is 2. The van der Waals surface area contributed by atoms with Crippen molar-refractivity contribution in [2.45, 2.75) is 26.3 Å². The molecule has 1 aliphatic rings. The van der Waals surface area contributed by atoms with Crippen molar-refractivity contribution in [3.8, 4) is 0 Å². The zero-order valence-electron chi connectivity index (χ0n) is 7.79. The van der Waals surface area contributed by atoms with Crippen LogP contribution in [0.2, 0.25) is 0 Å². The molecule has 0 aromatic heterocycles. The maximum atomic E-state index is 10.3. The highest BCUT2D eigenvalue weighted by Crippen LogP contribution is 2.25. The Kier molecular flexibility index (Phi) is 2.36. The molecule has 2 heteroatoms. The van der Waals surface area contributed by atoms with E-state index in [1.54, 1.807) is 0 Å². The molecule has 2 atom stereocenters. The van der Waals surface area contributed by atoms with Crippen molar-refractivity contribution in [1.29, 1.82) is 0 Å². The van der Waals surface area contributed by atoms with E-state index in [4.69, 9.17) is 0 Å². The largest absolute Gasteiger partial charge is 0.349 e. The summed E-state index contributed by atoms with van der Waals surface area (Å²) in [5.41, 5.74) is 1.05. The second kappa shape index (κ2) is 3.13. The molecule has 0 bridgehead atoms. The zero-order valence-corrected chi connectivity index (χ0v) is 7.79. The molecule has 0 saturated carbocycles. The summed E-state index contributed by atoms with van der Waals surface area (Å²) in [6.07, 6.45) is 7.00. The summed E-state index contributed by atoms with van der Waals surface area (Å²) in [7, 11) is 0. The highest BCUT2D eigenvalue weighted by molar-refractivity contribution is 5.50. The lowest BCUT2D eigenvalue weighted by Crippen LogP contribution is -2.45. The van der Waals surface area contributed by atoms with Gasteiger partial charge < -0.3 is 5.32 Å². The summed E-state index contributed by atoms with van der Waals surface area (Å²) < 4.78 is 0. The van der Waals surface area contributed by atoms with E-state index in [9.17, 15) is 4.79 Å². The first-order valence-electron chi connectivity index (χ1n) is 4.17. The normalized spacial score (nSPS) is 34.2. The number of nitrogens with one attached hydrogen (secondary N) is 1. The molecule has 1 amide bonds. The van der Waals surface area contributed by atoms with Crippen molar-refractivity contribution >= 4 is 6.41 Å². The molecule has 0 radical (unpaired) electrons. The Morgan fingerprint density at radius 1 is 1.67 bits per heavy atom. The maximum Gasteiger partial charge on any atom is 0.207 e. The number of amides is 1. The van der Waals surface area contributed by atoms with Crippen molar-refractivity contribution in [2.24, 2.45) is 5.92 Å². The van der Waals surface area contributed by atoms with Gasteiger partial charge in [0.1, 0.15) is 0 Å².